The van der Waals surface area contributed by atoms with Gasteiger partial charge in [-0.05, 0) is 30.3 Å². The van der Waals surface area contributed by atoms with Crippen LogP contribution in [-0.2, 0) is 0 Å². The molecule has 0 aliphatic carbocycles. The standard InChI is InChI=1S/C17H15BrClN3O3/c18-12-1-6-16(19)15(11-12)17(23)21-9-7-20(8-10-21)13-2-4-14(5-3-13)22(24)25/h1-6,11H,7-10H2. The van der Waals surface area contributed by atoms with Crippen molar-refractivity contribution in [2.45, 2.75) is 0 Å². The van der Waals surface area contributed by atoms with E-state index in [2.05, 4.69) is 20.8 Å². The summed E-state index contributed by atoms with van der Waals surface area (Å²) in [6, 6.07) is 11.7. The zero-order valence-electron chi connectivity index (χ0n) is 13.2. The molecule has 25 heavy (non-hydrogen) atoms. The third-order valence-corrected chi connectivity index (χ3v) is 4.97. The van der Waals surface area contributed by atoms with Crippen LogP contribution in [0.25, 0.3) is 0 Å². The molecule has 0 atom stereocenters. The number of halogens is 2. The number of nitro benzene ring substituents is 1. The normalized spacial score (nSPS) is 14.5. The average Bonchev–Trinajstić information content (AvgIpc) is 2.63. The van der Waals surface area contributed by atoms with Crippen LogP contribution < -0.4 is 4.90 Å². The van der Waals surface area contributed by atoms with Crippen molar-refractivity contribution in [3.05, 3.63) is 67.6 Å². The summed E-state index contributed by atoms with van der Waals surface area (Å²) in [4.78, 5) is 26.9. The summed E-state index contributed by atoms with van der Waals surface area (Å²) >= 11 is 9.50. The van der Waals surface area contributed by atoms with Gasteiger partial charge in [-0.1, -0.05) is 27.5 Å². The lowest BCUT2D eigenvalue weighted by Gasteiger charge is -2.36. The largest absolute Gasteiger partial charge is 0.368 e. The number of non-ortho nitro benzene ring substituents is 1. The highest BCUT2D eigenvalue weighted by Gasteiger charge is 2.24. The summed E-state index contributed by atoms with van der Waals surface area (Å²) in [5.74, 6) is -0.0883. The molecule has 8 heteroatoms. The van der Waals surface area contributed by atoms with E-state index in [0.717, 1.165) is 10.2 Å². The molecule has 0 spiro atoms. The minimum Gasteiger partial charge on any atom is -0.368 e. The van der Waals surface area contributed by atoms with E-state index in [0.29, 0.717) is 36.8 Å². The van der Waals surface area contributed by atoms with E-state index < -0.39 is 4.92 Å². The van der Waals surface area contributed by atoms with Gasteiger partial charge < -0.3 is 9.80 Å². The second-order valence-corrected chi connectivity index (χ2v) is 7.00. The van der Waals surface area contributed by atoms with Gasteiger partial charge in [-0.15, -0.1) is 0 Å². The number of nitro groups is 1. The van der Waals surface area contributed by atoms with Gasteiger partial charge in [0.15, 0.2) is 0 Å². The Bertz CT molecular complexity index is 805. The maximum absolute atomic E-state index is 12.7. The van der Waals surface area contributed by atoms with Crippen LogP contribution in [0, 0.1) is 10.1 Å². The molecule has 0 unspecified atom stereocenters. The molecule has 1 fully saturated rings. The van der Waals surface area contributed by atoms with Crippen molar-refractivity contribution < 1.29 is 9.72 Å². The molecule has 1 aliphatic heterocycles. The number of benzene rings is 2. The van der Waals surface area contributed by atoms with E-state index in [1.54, 1.807) is 35.2 Å². The Morgan fingerprint density at radius 3 is 2.32 bits per heavy atom. The van der Waals surface area contributed by atoms with Crippen LogP contribution in [0.4, 0.5) is 11.4 Å². The second-order valence-electron chi connectivity index (χ2n) is 5.68. The lowest BCUT2D eigenvalue weighted by molar-refractivity contribution is -0.384. The van der Waals surface area contributed by atoms with Gasteiger partial charge in [0.25, 0.3) is 11.6 Å². The van der Waals surface area contributed by atoms with E-state index in [1.807, 2.05) is 0 Å². The fraction of sp³-hybridized carbons (Fsp3) is 0.235. The van der Waals surface area contributed by atoms with Gasteiger partial charge in [-0.25, -0.2) is 0 Å². The summed E-state index contributed by atoms with van der Waals surface area (Å²) in [6.07, 6.45) is 0. The van der Waals surface area contributed by atoms with Gasteiger partial charge in [-0.3, -0.25) is 14.9 Å². The lowest BCUT2D eigenvalue weighted by Crippen LogP contribution is -2.48. The van der Waals surface area contributed by atoms with Gasteiger partial charge in [0.2, 0.25) is 0 Å². The van der Waals surface area contributed by atoms with E-state index in [1.165, 1.54) is 12.1 Å². The van der Waals surface area contributed by atoms with Gasteiger partial charge >= 0.3 is 0 Å². The first kappa shape index (κ1) is 17.7. The highest BCUT2D eigenvalue weighted by molar-refractivity contribution is 9.10. The first-order valence-electron chi connectivity index (χ1n) is 7.69. The van der Waals surface area contributed by atoms with Crippen molar-refractivity contribution in [2.24, 2.45) is 0 Å². The van der Waals surface area contributed by atoms with Crippen molar-refractivity contribution in [1.29, 1.82) is 0 Å². The van der Waals surface area contributed by atoms with Gasteiger partial charge in [-0.2, -0.15) is 0 Å². The summed E-state index contributed by atoms with van der Waals surface area (Å²) in [7, 11) is 0. The molecule has 1 saturated heterocycles. The Kier molecular flexibility index (Phi) is 5.24. The molecule has 130 valence electrons. The first-order chi connectivity index (χ1) is 12.0. The molecule has 0 saturated carbocycles. The number of amides is 1. The topological polar surface area (TPSA) is 66.7 Å². The minimum absolute atomic E-state index is 0.0712. The monoisotopic (exact) mass is 423 g/mol. The van der Waals surface area contributed by atoms with Crippen molar-refractivity contribution in [1.82, 2.24) is 4.90 Å². The second kappa shape index (κ2) is 7.41. The number of carbonyl (C=O) groups is 1. The first-order valence-corrected chi connectivity index (χ1v) is 8.86. The highest BCUT2D eigenvalue weighted by atomic mass is 79.9. The van der Waals surface area contributed by atoms with Crippen LogP contribution in [0.3, 0.4) is 0 Å². The third kappa shape index (κ3) is 3.93. The van der Waals surface area contributed by atoms with E-state index in [4.69, 9.17) is 11.6 Å². The fourth-order valence-corrected chi connectivity index (χ4v) is 3.34. The fourth-order valence-electron chi connectivity index (χ4n) is 2.78. The summed E-state index contributed by atoms with van der Waals surface area (Å²) in [5.41, 5.74) is 1.47. The van der Waals surface area contributed by atoms with Crippen LogP contribution in [0.2, 0.25) is 5.02 Å². The molecular formula is C17H15BrClN3O3. The Morgan fingerprint density at radius 1 is 1.08 bits per heavy atom. The minimum atomic E-state index is -0.415. The Balaban J connectivity index is 1.66. The quantitative estimate of drug-likeness (QED) is 0.552. The average molecular weight is 425 g/mol. The van der Waals surface area contributed by atoms with Gasteiger partial charge in [0.1, 0.15) is 0 Å². The van der Waals surface area contributed by atoms with Crippen molar-refractivity contribution in [3.8, 4) is 0 Å². The smallest absolute Gasteiger partial charge is 0.269 e. The molecular weight excluding hydrogens is 410 g/mol. The summed E-state index contributed by atoms with van der Waals surface area (Å²) < 4.78 is 0.810. The number of piperazine rings is 1. The van der Waals surface area contributed by atoms with Crippen LogP contribution in [0.15, 0.2) is 46.9 Å². The predicted molar refractivity (Wildman–Crippen MR) is 100 cm³/mol. The number of nitrogens with zero attached hydrogens (tertiary/aromatic N) is 3. The molecule has 6 nitrogen and oxygen atoms in total. The molecule has 2 aromatic carbocycles. The predicted octanol–water partition coefficient (Wildman–Crippen LogP) is 3.97. The van der Waals surface area contributed by atoms with E-state index in [-0.39, 0.29) is 11.6 Å². The third-order valence-electron chi connectivity index (χ3n) is 4.15. The number of rotatable bonds is 3. The summed E-state index contributed by atoms with van der Waals surface area (Å²) in [5, 5.41) is 11.2. The number of hydrogen-bond donors (Lipinski definition) is 0. The van der Waals surface area contributed by atoms with Crippen molar-refractivity contribution >= 4 is 44.8 Å². The van der Waals surface area contributed by atoms with Crippen LogP contribution in [0.5, 0.6) is 0 Å². The molecule has 3 rings (SSSR count). The molecule has 0 radical (unpaired) electrons. The molecule has 0 aromatic heterocycles. The molecule has 0 bridgehead atoms. The summed E-state index contributed by atoms with van der Waals surface area (Å²) in [6.45, 7) is 2.46. The lowest BCUT2D eigenvalue weighted by atomic mass is 10.1. The molecule has 0 N–H and O–H groups in total. The zero-order valence-corrected chi connectivity index (χ0v) is 15.5. The van der Waals surface area contributed by atoms with E-state index >= 15 is 0 Å². The zero-order chi connectivity index (χ0) is 18.0. The molecule has 1 amide bonds. The molecule has 1 heterocycles. The molecule has 2 aromatic rings. The van der Waals surface area contributed by atoms with Gasteiger partial charge in [0.05, 0.1) is 15.5 Å². The Hall–Kier alpha value is -2.12. The van der Waals surface area contributed by atoms with Crippen LogP contribution in [-0.4, -0.2) is 41.9 Å². The highest BCUT2D eigenvalue weighted by Crippen LogP contribution is 2.24. The maximum atomic E-state index is 12.7. The molecule has 1 aliphatic rings. The number of hydrogen-bond acceptors (Lipinski definition) is 4. The Labute approximate surface area is 158 Å². The van der Waals surface area contributed by atoms with Gasteiger partial charge in [0, 0.05) is 48.5 Å². The van der Waals surface area contributed by atoms with E-state index in [9.17, 15) is 14.9 Å². The Morgan fingerprint density at radius 2 is 1.72 bits per heavy atom. The SMILES string of the molecule is O=C(c1cc(Br)ccc1Cl)N1CCN(c2ccc([N+](=O)[O-])cc2)CC1. The number of anilines is 1. The number of carbonyl (C=O) groups excluding carboxylic acids is 1. The van der Waals surface area contributed by atoms with Crippen molar-refractivity contribution in [3.63, 3.8) is 0 Å². The van der Waals surface area contributed by atoms with Crippen LogP contribution >= 0.6 is 27.5 Å². The maximum Gasteiger partial charge on any atom is 0.269 e. The van der Waals surface area contributed by atoms with Crippen molar-refractivity contribution in [2.75, 3.05) is 31.1 Å². The van der Waals surface area contributed by atoms with Crippen LogP contribution in [0.1, 0.15) is 10.4 Å².